The highest BCUT2D eigenvalue weighted by Crippen LogP contribution is 2.13. The summed E-state index contributed by atoms with van der Waals surface area (Å²) < 4.78 is 0. The van der Waals surface area contributed by atoms with Crippen LogP contribution in [0.15, 0.2) is 0 Å². The minimum Gasteiger partial charge on any atom is -0.286 e. The summed E-state index contributed by atoms with van der Waals surface area (Å²) >= 11 is 1.32. The molecule has 0 aromatic rings. The summed E-state index contributed by atoms with van der Waals surface area (Å²) in [7, 11) is 0. The molecule has 0 aliphatic carbocycles. The van der Waals surface area contributed by atoms with E-state index in [4.69, 9.17) is 5.26 Å². The number of hydrogen-bond donors (Lipinski definition) is 0. The van der Waals surface area contributed by atoms with Gasteiger partial charge >= 0.3 is 0 Å². The van der Waals surface area contributed by atoms with E-state index in [1.165, 1.54) is 76.0 Å². The Morgan fingerprint density at radius 3 is 1.84 bits per heavy atom. The summed E-state index contributed by atoms with van der Waals surface area (Å²) in [5.74, 6) is 0.886. The molecule has 0 bridgehead atoms. The Balaban J connectivity index is 3.03. The third kappa shape index (κ3) is 15.5. The van der Waals surface area contributed by atoms with Crippen molar-refractivity contribution >= 4 is 16.9 Å². The number of thioether (sulfide) groups is 1. The maximum absolute atomic E-state index is 11.1. The summed E-state index contributed by atoms with van der Waals surface area (Å²) in [6.07, 6.45) is 14.7. The van der Waals surface area contributed by atoms with E-state index in [1.807, 2.05) is 6.07 Å². The van der Waals surface area contributed by atoms with Crippen LogP contribution in [0.2, 0.25) is 0 Å². The number of hydrogen-bond acceptors (Lipinski definition) is 3. The van der Waals surface area contributed by atoms with Crippen LogP contribution < -0.4 is 0 Å². The Kier molecular flexibility index (Phi) is 15.2. The highest BCUT2D eigenvalue weighted by atomic mass is 32.2. The quantitative estimate of drug-likeness (QED) is 0.421. The Labute approximate surface area is 123 Å². The van der Waals surface area contributed by atoms with E-state index < -0.39 is 0 Å². The Bertz CT molecular complexity index is 248. The predicted molar refractivity (Wildman–Crippen MR) is 84.2 cm³/mol. The number of carbonyl (C=O) groups excluding carboxylic acids is 1. The number of nitrogens with zero attached hydrogens (tertiary/aromatic N) is 1. The molecule has 0 atom stereocenters. The van der Waals surface area contributed by atoms with Crippen molar-refractivity contribution in [3.05, 3.63) is 0 Å². The summed E-state index contributed by atoms with van der Waals surface area (Å²) in [5.41, 5.74) is 0. The van der Waals surface area contributed by atoms with Crippen LogP contribution in [-0.4, -0.2) is 10.9 Å². The van der Waals surface area contributed by atoms with Crippen LogP contribution in [0.25, 0.3) is 0 Å². The molecule has 110 valence electrons. The lowest BCUT2D eigenvalue weighted by Crippen LogP contribution is -1.91. The van der Waals surface area contributed by atoms with Crippen LogP contribution in [0.5, 0.6) is 0 Å². The fourth-order valence-corrected chi connectivity index (χ4v) is 2.81. The molecule has 0 saturated carbocycles. The van der Waals surface area contributed by atoms with Crippen molar-refractivity contribution in [3.63, 3.8) is 0 Å². The van der Waals surface area contributed by atoms with Gasteiger partial charge in [0.2, 0.25) is 5.12 Å². The Morgan fingerprint density at radius 2 is 1.37 bits per heavy atom. The second kappa shape index (κ2) is 15.6. The van der Waals surface area contributed by atoms with Gasteiger partial charge in [-0.25, -0.2) is 0 Å². The predicted octanol–water partition coefficient (Wildman–Crippen LogP) is 5.47. The molecule has 0 rings (SSSR count). The molecule has 0 N–H and O–H groups in total. The van der Waals surface area contributed by atoms with Crippen LogP contribution in [-0.2, 0) is 4.79 Å². The second-order valence-electron chi connectivity index (χ2n) is 5.09. The first-order chi connectivity index (χ1) is 9.31. The first-order valence-electron chi connectivity index (χ1n) is 7.83. The van der Waals surface area contributed by atoms with E-state index in [0.29, 0.717) is 0 Å². The molecule has 0 saturated heterocycles. The summed E-state index contributed by atoms with van der Waals surface area (Å²) in [6, 6.07) is 1.89. The maximum atomic E-state index is 11.1. The summed E-state index contributed by atoms with van der Waals surface area (Å²) in [4.78, 5) is 11.1. The van der Waals surface area contributed by atoms with E-state index >= 15 is 0 Å². The van der Waals surface area contributed by atoms with Gasteiger partial charge in [0.05, 0.1) is 6.07 Å². The topological polar surface area (TPSA) is 40.9 Å². The average molecular weight is 283 g/mol. The molecule has 0 unspecified atom stereocenters. The van der Waals surface area contributed by atoms with Gasteiger partial charge in [0.25, 0.3) is 0 Å². The van der Waals surface area contributed by atoms with Crippen molar-refractivity contribution in [2.24, 2.45) is 0 Å². The lowest BCUT2D eigenvalue weighted by Gasteiger charge is -2.02. The van der Waals surface area contributed by atoms with Gasteiger partial charge in [-0.3, -0.25) is 4.79 Å². The molecule has 0 aliphatic rings. The molecule has 0 heterocycles. The molecule has 0 amide bonds. The van der Waals surface area contributed by atoms with Crippen molar-refractivity contribution in [2.75, 3.05) is 5.75 Å². The zero-order valence-corrected chi connectivity index (χ0v) is 13.3. The highest BCUT2D eigenvalue weighted by Gasteiger charge is 2.00. The van der Waals surface area contributed by atoms with Crippen molar-refractivity contribution in [2.45, 2.75) is 84.0 Å². The van der Waals surface area contributed by atoms with Gasteiger partial charge in [0.1, 0.15) is 6.42 Å². The smallest absolute Gasteiger partial charge is 0.202 e. The average Bonchev–Trinajstić information content (AvgIpc) is 2.40. The number of rotatable bonds is 13. The van der Waals surface area contributed by atoms with Crippen LogP contribution in [0.3, 0.4) is 0 Å². The van der Waals surface area contributed by atoms with E-state index in [9.17, 15) is 4.79 Å². The summed E-state index contributed by atoms with van der Waals surface area (Å²) in [5, 5.41) is 8.37. The largest absolute Gasteiger partial charge is 0.286 e. The molecule has 0 aromatic carbocycles. The molecule has 2 nitrogen and oxygen atoms in total. The van der Waals surface area contributed by atoms with Crippen LogP contribution in [0, 0.1) is 11.3 Å². The van der Waals surface area contributed by atoms with Gasteiger partial charge in [0.15, 0.2) is 0 Å². The number of unbranched alkanes of at least 4 members (excludes halogenated alkanes) is 10. The van der Waals surface area contributed by atoms with Gasteiger partial charge < -0.3 is 0 Å². The van der Waals surface area contributed by atoms with Crippen molar-refractivity contribution in [1.29, 1.82) is 5.26 Å². The molecule has 0 spiro atoms. The van der Waals surface area contributed by atoms with Crippen LogP contribution in [0.4, 0.5) is 0 Å². The molecule has 0 radical (unpaired) electrons. The monoisotopic (exact) mass is 283 g/mol. The van der Waals surface area contributed by atoms with Crippen molar-refractivity contribution in [1.82, 2.24) is 0 Å². The Morgan fingerprint density at radius 1 is 0.895 bits per heavy atom. The lowest BCUT2D eigenvalue weighted by molar-refractivity contribution is -0.110. The minimum atomic E-state index is 0.0228. The van der Waals surface area contributed by atoms with Crippen molar-refractivity contribution < 1.29 is 4.79 Å². The third-order valence-corrected chi connectivity index (χ3v) is 4.19. The Hall–Kier alpha value is -0.490. The third-order valence-electron chi connectivity index (χ3n) is 3.23. The van der Waals surface area contributed by atoms with E-state index in [2.05, 4.69) is 6.92 Å². The van der Waals surface area contributed by atoms with E-state index in [-0.39, 0.29) is 11.5 Å². The van der Waals surface area contributed by atoms with Crippen LogP contribution >= 0.6 is 11.8 Å². The number of nitriles is 1. The zero-order chi connectivity index (χ0) is 14.2. The van der Waals surface area contributed by atoms with E-state index in [1.54, 1.807) is 0 Å². The normalized spacial score (nSPS) is 10.3. The molecule has 0 aromatic heterocycles. The standard InChI is InChI=1S/C16H29NOS/c1-2-3-4-5-6-7-8-9-10-11-12-15-19-16(18)13-14-17/h2-13,15H2,1H3. The fourth-order valence-electron chi connectivity index (χ4n) is 2.07. The molecule has 0 aliphatic heterocycles. The van der Waals surface area contributed by atoms with E-state index in [0.717, 1.165) is 12.2 Å². The first kappa shape index (κ1) is 18.5. The van der Waals surface area contributed by atoms with Gasteiger partial charge in [-0.05, 0) is 6.42 Å². The SMILES string of the molecule is CCCCCCCCCCCCCSC(=O)CC#N. The maximum Gasteiger partial charge on any atom is 0.202 e. The highest BCUT2D eigenvalue weighted by molar-refractivity contribution is 8.13. The van der Waals surface area contributed by atoms with Gasteiger partial charge in [0, 0.05) is 5.75 Å². The van der Waals surface area contributed by atoms with Gasteiger partial charge in [-0.15, -0.1) is 0 Å². The first-order valence-corrected chi connectivity index (χ1v) is 8.82. The molecular weight excluding hydrogens is 254 g/mol. The molecular formula is C16H29NOS. The fraction of sp³-hybridized carbons (Fsp3) is 0.875. The lowest BCUT2D eigenvalue weighted by atomic mass is 10.1. The molecule has 19 heavy (non-hydrogen) atoms. The van der Waals surface area contributed by atoms with Crippen molar-refractivity contribution in [3.8, 4) is 6.07 Å². The number of carbonyl (C=O) groups is 1. The summed E-state index contributed by atoms with van der Waals surface area (Å²) in [6.45, 7) is 2.26. The molecule has 3 heteroatoms. The minimum absolute atomic E-state index is 0.0228. The molecule has 0 fully saturated rings. The second-order valence-corrected chi connectivity index (χ2v) is 6.24. The van der Waals surface area contributed by atoms with Crippen LogP contribution in [0.1, 0.15) is 84.0 Å². The zero-order valence-electron chi connectivity index (χ0n) is 12.5. The van der Waals surface area contributed by atoms with Gasteiger partial charge in [-0.1, -0.05) is 82.9 Å². The van der Waals surface area contributed by atoms with Gasteiger partial charge in [-0.2, -0.15) is 5.26 Å².